The molecule has 1 fully saturated rings. The van der Waals surface area contributed by atoms with E-state index in [0.29, 0.717) is 11.6 Å². The van der Waals surface area contributed by atoms with Crippen LogP contribution >= 0.6 is 0 Å². The molecular weight excluding hydrogens is 463 g/mol. The van der Waals surface area contributed by atoms with Crippen LogP contribution in [0.4, 0.5) is 24.7 Å². The summed E-state index contributed by atoms with van der Waals surface area (Å²) in [6, 6.07) is 7.13. The number of alkyl halides is 3. The van der Waals surface area contributed by atoms with Gasteiger partial charge in [0.15, 0.2) is 0 Å². The van der Waals surface area contributed by atoms with Crippen molar-refractivity contribution in [3.05, 3.63) is 78.3 Å². The van der Waals surface area contributed by atoms with Gasteiger partial charge in [-0.3, -0.25) is 9.51 Å². The number of hydrogen-bond acceptors (Lipinski definition) is 7. The predicted octanol–water partition coefficient (Wildman–Crippen LogP) is 3.22. The van der Waals surface area contributed by atoms with Crippen LogP contribution in [0.25, 0.3) is 11.1 Å². The van der Waals surface area contributed by atoms with Gasteiger partial charge in [-0.2, -0.15) is 13.2 Å². The molecule has 0 spiro atoms. The zero-order valence-electron chi connectivity index (χ0n) is 18.1. The van der Waals surface area contributed by atoms with Crippen LogP contribution in [0.5, 0.6) is 0 Å². The molecule has 3 aromatic heterocycles. The van der Waals surface area contributed by atoms with E-state index >= 15 is 0 Å². The zero-order chi connectivity index (χ0) is 24.4. The van der Waals surface area contributed by atoms with Gasteiger partial charge in [-0.05, 0) is 41.8 Å². The maximum Gasteiger partial charge on any atom is 0.416 e. The highest BCUT2D eigenvalue weighted by Gasteiger charge is 2.30. The first-order valence-electron chi connectivity index (χ1n) is 10.7. The minimum Gasteiger partial charge on any atom is -0.846 e. The molecule has 0 bridgehead atoms. The molecule has 178 valence electrons. The number of amidine groups is 1. The van der Waals surface area contributed by atoms with Crippen molar-refractivity contribution in [1.82, 2.24) is 20.2 Å². The molecule has 1 aromatic carbocycles. The first-order chi connectivity index (χ1) is 16.8. The van der Waals surface area contributed by atoms with E-state index in [4.69, 9.17) is 4.52 Å². The van der Waals surface area contributed by atoms with Crippen LogP contribution in [0.1, 0.15) is 35.7 Å². The van der Waals surface area contributed by atoms with E-state index < -0.39 is 17.8 Å². The van der Waals surface area contributed by atoms with Gasteiger partial charge in [0.05, 0.1) is 17.3 Å². The average molecular weight is 481 g/mol. The number of aliphatic imine (C=N–C) groups is 1. The van der Waals surface area contributed by atoms with Crippen molar-refractivity contribution in [2.45, 2.75) is 31.5 Å². The summed E-state index contributed by atoms with van der Waals surface area (Å²) >= 11 is 0. The molecule has 1 saturated carbocycles. The number of aromatic nitrogens is 5. The highest BCUT2D eigenvalue weighted by Crippen LogP contribution is 2.42. The van der Waals surface area contributed by atoms with Crippen molar-refractivity contribution >= 4 is 17.6 Å². The topological polar surface area (TPSA) is 116 Å². The lowest BCUT2D eigenvalue weighted by Gasteiger charge is -2.14. The van der Waals surface area contributed by atoms with Crippen LogP contribution in [0, 0.1) is 0 Å². The second-order valence-electron chi connectivity index (χ2n) is 7.99. The van der Waals surface area contributed by atoms with Crippen LogP contribution in [0.2, 0.25) is 0 Å². The zero-order valence-corrected chi connectivity index (χ0v) is 18.1. The van der Waals surface area contributed by atoms with Crippen molar-refractivity contribution in [1.29, 1.82) is 0 Å². The molecule has 9 nitrogen and oxygen atoms in total. The molecule has 1 N–H and O–H groups in total. The van der Waals surface area contributed by atoms with Crippen LogP contribution in [-0.2, 0) is 12.7 Å². The summed E-state index contributed by atoms with van der Waals surface area (Å²) in [5, 5.41) is 18.2. The molecule has 1 aliphatic rings. The summed E-state index contributed by atoms with van der Waals surface area (Å²) in [6.07, 6.45) is 4.22. The highest BCUT2D eigenvalue weighted by atomic mass is 19.4. The van der Waals surface area contributed by atoms with Gasteiger partial charge in [0.1, 0.15) is 12.0 Å². The third kappa shape index (κ3) is 5.42. The Labute approximate surface area is 197 Å². The summed E-state index contributed by atoms with van der Waals surface area (Å²) in [7, 11) is 0. The van der Waals surface area contributed by atoms with E-state index in [-0.39, 0.29) is 18.1 Å². The van der Waals surface area contributed by atoms with Gasteiger partial charge >= 0.3 is 12.1 Å². The molecule has 0 radical (unpaired) electrons. The normalized spacial score (nSPS) is 14.2. The van der Waals surface area contributed by atoms with Gasteiger partial charge in [-0.15, -0.1) is 0 Å². The first kappa shape index (κ1) is 22.4. The molecule has 4 aromatic rings. The molecule has 0 unspecified atom stereocenters. The standard InChI is InChI=1S/C23H18F3N7O2/c24-23(25,26)16-2-1-3-17(8-16)30-22(34)31-20-12-33(32-35-20)11-18-7-6-15(9-28-18)19-10-27-13-29-21(19)14-4-5-14/h1-3,6-10,12-14H,4-5,11H2,(H-,30,31,32,34). The Morgan fingerprint density at radius 3 is 2.77 bits per heavy atom. The Bertz CT molecular complexity index is 1370. The lowest BCUT2D eigenvalue weighted by molar-refractivity contribution is -0.755. The largest absolute Gasteiger partial charge is 0.846 e. The number of benzene rings is 1. The van der Waals surface area contributed by atoms with Gasteiger partial charge in [0.25, 0.3) is 6.20 Å². The van der Waals surface area contributed by atoms with Gasteiger partial charge < -0.3 is 10.4 Å². The van der Waals surface area contributed by atoms with E-state index in [9.17, 15) is 18.3 Å². The maximum atomic E-state index is 12.8. The third-order valence-electron chi connectivity index (χ3n) is 5.32. The number of rotatable bonds is 6. The summed E-state index contributed by atoms with van der Waals surface area (Å²) in [4.78, 5) is 16.7. The van der Waals surface area contributed by atoms with Crippen molar-refractivity contribution < 1.29 is 27.5 Å². The Morgan fingerprint density at radius 1 is 1.17 bits per heavy atom. The summed E-state index contributed by atoms with van der Waals surface area (Å²) in [5.41, 5.74) is 2.69. The van der Waals surface area contributed by atoms with Gasteiger partial charge in [-0.25, -0.2) is 15.0 Å². The molecular formula is C23H18F3N7O2. The molecule has 0 atom stereocenters. The second kappa shape index (κ2) is 9.12. The van der Waals surface area contributed by atoms with Crippen LogP contribution in [-0.4, -0.2) is 26.2 Å². The number of halogens is 3. The fourth-order valence-corrected chi connectivity index (χ4v) is 3.50. The molecule has 0 aliphatic heterocycles. The van der Waals surface area contributed by atoms with Crippen molar-refractivity contribution in [3.63, 3.8) is 0 Å². The number of nitrogens with zero attached hydrogens (tertiary/aromatic N) is 6. The minimum absolute atomic E-state index is 0.0427. The number of hydrogen-bond donors (Lipinski definition) is 1. The van der Waals surface area contributed by atoms with Crippen molar-refractivity contribution in [2.24, 2.45) is 4.99 Å². The molecule has 3 heterocycles. The second-order valence-corrected chi connectivity index (χ2v) is 7.99. The average Bonchev–Trinajstić information content (AvgIpc) is 3.60. The van der Waals surface area contributed by atoms with E-state index in [1.165, 1.54) is 23.0 Å². The van der Waals surface area contributed by atoms with Gasteiger partial charge in [0.2, 0.25) is 11.8 Å². The summed E-state index contributed by atoms with van der Waals surface area (Å²) in [5.74, 6) is 0.368. The Hall–Kier alpha value is -4.35. The smallest absolute Gasteiger partial charge is 0.416 e. The summed E-state index contributed by atoms with van der Waals surface area (Å²) < 4.78 is 44.9. The highest BCUT2D eigenvalue weighted by molar-refractivity contribution is 5.87. The number of nitrogens with one attached hydrogen (secondary N) is 1. The first-order valence-corrected chi connectivity index (χ1v) is 10.7. The van der Waals surface area contributed by atoms with Gasteiger partial charge in [0, 0.05) is 35.1 Å². The predicted molar refractivity (Wildman–Crippen MR) is 115 cm³/mol. The Kier molecular flexibility index (Phi) is 5.85. The van der Waals surface area contributed by atoms with Crippen LogP contribution in [0.15, 0.2) is 70.8 Å². The molecule has 35 heavy (non-hydrogen) atoms. The minimum atomic E-state index is -4.52. The van der Waals surface area contributed by atoms with Gasteiger partial charge in [-0.1, -0.05) is 12.1 Å². The van der Waals surface area contributed by atoms with E-state index in [1.54, 1.807) is 18.7 Å². The summed E-state index contributed by atoms with van der Waals surface area (Å²) in [6.45, 7) is 0.259. The maximum absolute atomic E-state index is 12.8. The molecule has 12 heteroatoms. The van der Waals surface area contributed by atoms with Crippen molar-refractivity contribution in [3.8, 4) is 11.1 Å². The molecule has 5 rings (SSSR count). The lowest BCUT2D eigenvalue weighted by atomic mass is 10.0. The van der Waals surface area contributed by atoms with E-state index in [2.05, 4.69) is 30.5 Å². The Balaban J connectivity index is 1.24. The van der Waals surface area contributed by atoms with Crippen molar-refractivity contribution in [2.75, 3.05) is 5.32 Å². The lowest BCUT2D eigenvalue weighted by Crippen LogP contribution is -2.35. The molecule has 0 amide bonds. The SMILES string of the molecule is [O-]C(=Nc1c[n+](Cc2ccc(-c3cncnc3C3CC3)cn2)no1)Nc1cccc(C(F)(F)F)c1. The monoisotopic (exact) mass is 481 g/mol. The number of anilines is 1. The number of pyridine rings is 1. The molecule has 0 saturated heterocycles. The van der Waals surface area contributed by atoms with Crippen LogP contribution in [0.3, 0.4) is 0 Å². The van der Waals surface area contributed by atoms with E-state index in [1.807, 2.05) is 12.1 Å². The third-order valence-corrected chi connectivity index (χ3v) is 5.32. The fraction of sp³-hybridized carbons (Fsp3) is 0.217. The van der Waals surface area contributed by atoms with Crippen LogP contribution < -0.4 is 15.1 Å². The fourth-order valence-electron chi connectivity index (χ4n) is 3.50. The molecule has 1 aliphatic carbocycles. The van der Waals surface area contributed by atoms with E-state index in [0.717, 1.165) is 41.8 Å². The quantitative estimate of drug-likeness (QED) is 0.255. The Morgan fingerprint density at radius 2 is 2.03 bits per heavy atom.